The van der Waals surface area contributed by atoms with E-state index < -0.39 is 0 Å². The Morgan fingerprint density at radius 1 is 1.19 bits per heavy atom. The Morgan fingerprint density at radius 2 is 2.04 bits per heavy atom. The SMILES string of the molecule is CCC/N=C(/C1CC=CCC1)N(CC)C/C=C/C=N/CC/C=C\C(C)C. The van der Waals surface area contributed by atoms with Crippen LogP contribution in [0.4, 0.5) is 0 Å². The molecule has 0 saturated carbocycles. The predicted molar refractivity (Wildman–Crippen MR) is 117 cm³/mol. The highest BCUT2D eigenvalue weighted by molar-refractivity contribution is 5.85. The number of nitrogens with zero attached hydrogens (tertiary/aromatic N) is 3. The summed E-state index contributed by atoms with van der Waals surface area (Å²) in [5.74, 6) is 2.52. The van der Waals surface area contributed by atoms with Gasteiger partial charge in [-0.3, -0.25) is 9.98 Å². The number of aliphatic imine (C=N–C) groups is 2. The molecule has 1 unspecified atom stereocenters. The highest BCUT2D eigenvalue weighted by Crippen LogP contribution is 2.22. The number of rotatable bonds is 11. The predicted octanol–water partition coefficient (Wildman–Crippen LogP) is 5.70. The molecule has 1 rings (SSSR count). The Hall–Kier alpha value is -1.64. The molecule has 0 saturated heterocycles. The largest absolute Gasteiger partial charge is 0.357 e. The van der Waals surface area contributed by atoms with E-state index in [4.69, 9.17) is 4.99 Å². The number of hydrogen-bond acceptors (Lipinski definition) is 2. The molecule has 26 heavy (non-hydrogen) atoms. The van der Waals surface area contributed by atoms with Crippen molar-refractivity contribution in [3.05, 3.63) is 36.5 Å². The second-order valence-corrected chi connectivity index (χ2v) is 7.20. The molecular formula is C23H39N3. The molecule has 3 heteroatoms. The van der Waals surface area contributed by atoms with Crippen LogP contribution in [0, 0.1) is 11.8 Å². The smallest absolute Gasteiger partial charge is 0.103 e. The first kappa shape index (κ1) is 22.4. The quantitative estimate of drug-likeness (QED) is 0.202. The summed E-state index contributed by atoms with van der Waals surface area (Å²) in [6.45, 7) is 12.5. The van der Waals surface area contributed by atoms with Crippen LogP contribution >= 0.6 is 0 Å². The second kappa shape index (κ2) is 14.5. The van der Waals surface area contributed by atoms with Gasteiger partial charge in [0.25, 0.3) is 0 Å². The lowest BCUT2D eigenvalue weighted by Gasteiger charge is -2.30. The molecule has 146 valence electrons. The van der Waals surface area contributed by atoms with Gasteiger partial charge in [0.2, 0.25) is 0 Å². The molecule has 0 aromatic carbocycles. The van der Waals surface area contributed by atoms with Gasteiger partial charge in [0.1, 0.15) is 5.84 Å². The van der Waals surface area contributed by atoms with Gasteiger partial charge in [-0.05, 0) is 51.0 Å². The number of amidine groups is 1. The maximum Gasteiger partial charge on any atom is 0.103 e. The van der Waals surface area contributed by atoms with Gasteiger partial charge in [0.05, 0.1) is 0 Å². The zero-order valence-electron chi connectivity index (χ0n) is 17.4. The van der Waals surface area contributed by atoms with Crippen LogP contribution < -0.4 is 0 Å². The molecule has 1 aliphatic carbocycles. The molecule has 0 bridgehead atoms. The maximum atomic E-state index is 4.93. The van der Waals surface area contributed by atoms with Crippen LogP contribution in [0.5, 0.6) is 0 Å². The van der Waals surface area contributed by atoms with Crippen molar-refractivity contribution in [2.45, 2.75) is 59.8 Å². The molecule has 0 aromatic heterocycles. The molecule has 1 atom stereocenters. The molecule has 0 aromatic rings. The standard InChI is InChI=1S/C23H39N3/c1-5-17-25-23(22-15-8-7-9-16-22)26(6-2)20-13-12-19-24-18-11-10-14-21(3)4/h7-8,10,12-14,19,21-22H,5-6,9,11,15-18,20H2,1-4H3/b13-12+,14-10-,24-19+,25-23-. The monoisotopic (exact) mass is 357 g/mol. The van der Waals surface area contributed by atoms with Gasteiger partial charge in [-0.2, -0.15) is 0 Å². The molecule has 3 nitrogen and oxygen atoms in total. The normalized spacial score (nSPS) is 18.8. The highest BCUT2D eigenvalue weighted by Gasteiger charge is 2.20. The molecule has 1 aliphatic rings. The van der Waals surface area contributed by atoms with E-state index in [0.29, 0.717) is 11.8 Å². The fraction of sp³-hybridized carbons (Fsp3) is 0.652. The van der Waals surface area contributed by atoms with E-state index in [9.17, 15) is 0 Å². The van der Waals surface area contributed by atoms with Gasteiger partial charge in [-0.1, -0.05) is 51.2 Å². The molecule has 0 fully saturated rings. The van der Waals surface area contributed by atoms with Crippen LogP contribution in [0.25, 0.3) is 0 Å². The Morgan fingerprint density at radius 3 is 2.69 bits per heavy atom. The van der Waals surface area contributed by atoms with E-state index in [-0.39, 0.29) is 0 Å². The van der Waals surface area contributed by atoms with Crippen molar-refractivity contribution < 1.29 is 0 Å². The summed E-state index contributed by atoms with van der Waals surface area (Å²) >= 11 is 0. The summed E-state index contributed by atoms with van der Waals surface area (Å²) in [6, 6.07) is 0. The van der Waals surface area contributed by atoms with Crippen LogP contribution in [-0.2, 0) is 0 Å². The van der Waals surface area contributed by atoms with Gasteiger partial charge < -0.3 is 4.90 Å². The van der Waals surface area contributed by atoms with Crippen molar-refractivity contribution in [1.82, 2.24) is 4.90 Å². The van der Waals surface area contributed by atoms with Crippen molar-refractivity contribution >= 4 is 12.1 Å². The van der Waals surface area contributed by atoms with Crippen molar-refractivity contribution in [1.29, 1.82) is 0 Å². The maximum absolute atomic E-state index is 4.93. The lowest BCUT2D eigenvalue weighted by atomic mass is 9.92. The van der Waals surface area contributed by atoms with Crippen LogP contribution in [0.3, 0.4) is 0 Å². The van der Waals surface area contributed by atoms with Crippen LogP contribution in [0.1, 0.15) is 59.8 Å². The molecule has 0 spiro atoms. The summed E-state index contributed by atoms with van der Waals surface area (Å²) < 4.78 is 0. The molecule has 0 N–H and O–H groups in total. The average molecular weight is 358 g/mol. The minimum Gasteiger partial charge on any atom is -0.357 e. The number of allylic oxidation sites excluding steroid dienone is 4. The molecular weight excluding hydrogens is 318 g/mol. The topological polar surface area (TPSA) is 28.0 Å². The minimum absolute atomic E-state index is 0.585. The van der Waals surface area contributed by atoms with Crippen molar-refractivity contribution in [2.24, 2.45) is 21.8 Å². The summed E-state index contributed by atoms with van der Waals surface area (Å²) in [7, 11) is 0. The third-order valence-corrected chi connectivity index (χ3v) is 4.44. The van der Waals surface area contributed by atoms with E-state index in [0.717, 1.165) is 45.4 Å². The summed E-state index contributed by atoms with van der Waals surface area (Å²) in [6.07, 6.45) is 21.0. The second-order valence-electron chi connectivity index (χ2n) is 7.20. The Bertz CT molecular complexity index is 498. The van der Waals surface area contributed by atoms with E-state index >= 15 is 0 Å². The molecule has 0 radical (unpaired) electrons. The van der Waals surface area contributed by atoms with Gasteiger partial charge in [0.15, 0.2) is 0 Å². The summed E-state index contributed by atoms with van der Waals surface area (Å²) in [5.41, 5.74) is 0. The number of hydrogen-bond donors (Lipinski definition) is 0. The number of likely N-dealkylation sites (N-methyl/N-ethyl adjacent to an activating group) is 1. The Balaban J connectivity index is 2.50. The van der Waals surface area contributed by atoms with E-state index in [2.05, 4.69) is 74.0 Å². The highest BCUT2D eigenvalue weighted by atomic mass is 15.2. The van der Waals surface area contributed by atoms with Crippen molar-refractivity contribution in [3.63, 3.8) is 0 Å². The third-order valence-electron chi connectivity index (χ3n) is 4.44. The molecule has 0 amide bonds. The first-order valence-corrected chi connectivity index (χ1v) is 10.4. The van der Waals surface area contributed by atoms with Gasteiger partial charge in [0, 0.05) is 38.3 Å². The molecule has 0 heterocycles. The zero-order chi connectivity index (χ0) is 19.0. The van der Waals surface area contributed by atoms with Gasteiger partial charge in [-0.25, -0.2) is 0 Å². The lowest BCUT2D eigenvalue weighted by molar-refractivity contribution is 0.434. The Labute approximate surface area is 161 Å². The van der Waals surface area contributed by atoms with Crippen LogP contribution in [-0.4, -0.2) is 43.1 Å². The third kappa shape index (κ3) is 9.74. The van der Waals surface area contributed by atoms with Crippen molar-refractivity contribution in [3.8, 4) is 0 Å². The lowest BCUT2D eigenvalue weighted by Crippen LogP contribution is -2.37. The van der Waals surface area contributed by atoms with Gasteiger partial charge in [-0.15, -0.1) is 0 Å². The van der Waals surface area contributed by atoms with Gasteiger partial charge >= 0.3 is 0 Å². The van der Waals surface area contributed by atoms with Crippen LogP contribution in [0.2, 0.25) is 0 Å². The first-order chi connectivity index (χ1) is 12.7. The van der Waals surface area contributed by atoms with E-state index in [1.807, 2.05) is 6.21 Å². The zero-order valence-corrected chi connectivity index (χ0v) is 17.4. The van der Waals surface area contributed by atoms with Crippen molar-refractivity contribution in [2.75, 3.05) is 26.2 Å². The Kier molecular flexibility index (Phi) is 12.5. The summed E-state index contributed by atoms with van der Waals surface area (Å²) in [5, 5.41) is 0. The average Bonchev–Trinajstić information content (AvgIpc) is 2.65. The fourth-order valence-electron chi connectivity index (χ4n) is 3.03. The van der Waals surface area contributed by atoms with Crippen LogP contribution in [0.15, 0.2) is 46.4 Å². The van der Waals surface area contributed by atoms with E-state index in [1.54, 1.807) is 0 Å². The minimum atomic E-state index is 0.585. The summed E-state index contributed by atoms with van der Waals surface area (Å²) in [4.78, 5) is 11.8. The fourth-order valence-corrected chi connectivity index (χ4v) is 3.03. The molecule has 0 aliphatic heterocycles. The van der Waals surface area contributed by atoms with E-state index in [1.165, 1.54) is 18.7 Å². The first-order valence-electron chi connectivity index (χ1n) is 10.4.